The molecule has 1 heteroatoms. The summed E-state index contributed by atoms with van der Waals surface area (Å²) in [4.78, 5) is 2.73. The Labute approximate surface area is 276 Å². The largest absolute Gasteiger partial charge is 0.334 e. The first kappa shape index (κ1) is 27.0. The van der Waals surface area contributed by atoms with Crippen LogP contribution in [0.3, 0.4) is 0 Å². The second-order valence-corrected chi connectivity index (χ2v) is 14.4. The van der Waals surface area contributed by atoms with Crippen LogP contribution in [0.2, 0.25) is 0 Å². The van der Waals surface area contributed by atoms with E-state index < -0.39 is 0 Å². The SMILES string of the molecule is CC12CCCCC1(C)N(c1cccc3ccccc13)c1ccc(-c3ccc4ccc5c(-c6ccccc6)ccc6ccc3c4c65)cc12. The van der Waals surface area contributed by atoms with E-state index in [2.05, 4.69) is 158 Å². The van der Waals surface area contributed by atoms with E-state index in [0.717, 1.165) is 0 Å². The molecule has 0 amide bonds. The van der Waals surface area contributed by atoms with E-state index in [1.54, 1.807) is 0 Å². The normalized spacial score (nSPS) is 20.8. The van der Waals surface area contributed by atoms with Gasteiger partial charge >= 0.3 is 0 Å². The van der Waals surface area contributed by atoms with Crippen molar-refractivity contribution in [3.63, 3.8) is 0 Å². The Morgan fingerprint density at radius 3 is 1.87 bits per heavy atom. The molecule has 10 rings (SSSR count). The summed E-state index contributed by atoms with van der Waals surface area (Å²) in [6.07, 6.45) is 4.96. The van der Waals surface area contributed by atoms with Gasteiger partial charge in [0.25, 0.3) is 0 Å². The van der Waals surface area contributed by atoms with Crippen LogP contribution < -0.4 is 4.90 Å². The third-order valence-corrected chi connectivity index (χ3v) is 12.2. The van der Waals surface area contributed by atoms with E-state index >= 15 is 0 Å². The van der Waals surface area contributed by atoms with Gasteiger partial charge in [0.2, 0.25) is 0 Å². The molecule has 8 aromatic carbocycles. The minimum atomic E-state index is 0.00677. The van der Waals surface area contributed by atoms with Gasteiger partial charge in [0.05, 0.1) is 5.54 Å². The number of hydrogen-bond acceptors (Lipinski definition) is 1. The molecule has 1 heterocycles. The summed E-state index contributed by atoms with van der Waals surface area (Å²) in [5, 5.41) is 10.7. The van der Waals surface area contributed by atoms with Crippen LogP contribution in [-0.4, -0.2) is 5.54 Å². The van der Waals surface area contributed by atoms with Gasteiger partial charge in [-0.1, -0.05) is 141 Å². The molecule has 1 fully saturated rings. The monoisotopic (exact) mass is 603 g/mol. The highest BCUT2D eigenvalue weighted by Gasteiger charge is 2.57. The van der Waals surface area contributed by atoms with Crippen LogP contribution >= 0.6 is 0 Å². The molecule has 8 aromatic rings. The third-order valence-electron chi connectivity index (χ3n) is 12.2. The molecule has 2 unspecified atom stereocenters. The van der Waals surface area contributed by atoms with Crippen molar-refractivity contribution in [3.05, 3.63) is 145 Å². The first-order valence-corrected chi connectivity index (χ1v) is 17.2. The fourth-order valence-corrected chi connectivity index (χ4v) is 9.60. The standard InChI is InChI=1S/C46H37N/c1-45-27-8-9-28-46(45,2)47(41-16-10-14-31-13-6-7-15-37(31)41)42-26-21-34(29-40(42)45)36-23-18-33-19-24-38-35(30-11-4-3-5-12-30)22-17-32-20-25-39(36)44(33)43(32)38/h3-7,10-26,29H,8-9,27-28H2,1-2H3. The van der Waals surface area contributed by atoms with Crippen molar-refractivity contribution in [2.75, 3.05) is 4.90 Å². The molecule has 1 aliphatic carbocycles. The zero-order chi connectivity index (χ0) is 31.3. The maximum Gasteiger partial charge on any atom is 0.0518 e. The van der Waals surface area contributed by atoms with Crippen molar-refractivity contribution in [2.24, 2.45) is 0 Å². The van der Waals surface area contributed by atoms with Crippen molar-refractivity contribution < 1.29 is 0 Å². The van der Waals surface area contributed by atoms with E-state index in [1.165, 1.54) is 108 Å². The summed E-state index contributed by atoms with van der Waals surface area (Å²) >= 11 is 0. The predicted octanol–water partition coefficient (Wildman–Crippen LogP) is 12.8. The molecule has 0 N–H and O–H groups in total. The van der Waals surface area contributed by atoms with Gasteiger partial charge in [-0.15, -0.1) is 0 Å². The third kappa shape index (κ3) is 3.60. The minimum absolute atomic E-state index is 0.00677. The minimum Gasteiger partial charge on any atom is -0.334 e. The van der Waals surface area contributed by atoms with Crippen LogP contribution in [0.5, 0.6) is 0 Å². The Hall–Kier alpha value is -5.14. The molecule has 1 aliphatic heterocycles. The Bertz CT molecular complexity index is 2500. The summed E-state index contributed by atoms with van der Waals surface area (Å²) in [7, 11) is 0. The van der Waals surface area contributed by atoms with Crippen LogP contribution in [0.4, 0.5) is 11.4 Å². The quantitative estimate of drug-likeness (QED) is 0.182. The van der Waals surface area contributed by atoms with Gasteiger partial charge in [-0.05, 0) is 103 Å². The van der Waals surface area contributed by atoms with Crippen molar-refractivity contribution in [1.82, 2.24) is 0 Å². The zero-order valence-electron chi connectivity index (χ0n) is 27.1. The molecular formula is C46H37N. The first-order valence-electron chi connectivity index (χ1n) is 17.2. The fraction of sp³-hybridized carbons (Fsp3) is 0.174. The molecule has 226 valence electrons. The fourth-order valence-electron chi connectivity index (χ4n) is 9.60. The molecule has 0 aromatic heterocycles. The van der Waals surface area contributed by atoms with Crippen LogP contribution in [0.25, 0.3) is 65.3 Å². The van der Waals surface area contributed by atoms with Crippen molar-refractivity contribution >= 4 is 54.5 Å². The van der Waals surface area contributed by atoms with Crippen LogP contribution in [-0.2, 0) is 5.41 Å². The van der Waals surface area contributed by atoms with Crippen LogP contribution in [0, 0.1) is 0 Å². The average molecular weight is 604 g/mol. The van der Waals surface area contributed by atoms with Gasteiger partial charge in [-0.2, -0.15) is 0 Å². The Morgan fingerprint density at radius 2 is 1.11 bits per heavy atom. The van der Waals surface area contributed by atoms with Crippen molar-refractivity contribution in [2.45, 2.75) is 50.5 Å². The van der Waals surface area contributed by atoms with E-state index in [0.29, 0.717) is 0 Å². The summed E-state index contributed by atoms with van der Waals surface area (Å²) < 4.78 is 0. The molecule has 2 atom stereocenters. The lowest BCUT2D eigenvalue weighted by Crippen LogP contribution is -2.54. The summed E-state index contributed by atoms with van der Waals surface area (Å²) in [6.45, 7) is 5.09. The molecule has 1 nitrogen and oxygen atoms in total. The lowest BCUT2D eigenvalue weighted by molar-refractivity contribution is 0.195. The van der Waals surface area contributed by atoms with Gasteiger partial charge in [0.1, 0.15) is 0 Å². The lowest BCUT2D eigenvalue weighted by atomic mass is 9.61. The molecular weight excluding hydrogens is 567 g/mol. The predicted molar refractivity (Wildman–Crippen MR) is 201 cm³/mol. The zero-order valence-corrected chi connectivity index (χ0v) is 27.1. The molecule has 0 radical (unpaired) electrons. The number of fused-ring (bicyclic) bond motifs is 4. The van der Waals surface area contributed by atoms with Gasteiger partial charge < -0.3 is 4.90 Å². The maximum atomic E-state index is 2.73. The lowest BCUT2D eigenvalue weighted by Gasteiger charge is -2.50. The van der Waals surface area contributed by atoms with E-state index in [-0.39, 0.29) is 11.0 Å². The van der Waals surface area contributed by atoms with Crippen LogP contribution in [0.1, 0.15) is 45.1 Å². The second kappa shape index (κ2) is 9.69. The van der Waals surface area contributed by atoms with Gasteiger partial charge in [-0.3, -0.25) is 0 Å². The second-order valence-electron chi connectivity index (χ2n) is 14.4. The molecule has 1 saturated carbocycles. The molecule has 0 spiro atoms. The van der Waals surface area contributed by atoms with E-state index in [1.807, 2.05) is 0 Å². The number of nitrogens with zero attached hydrogens (tertiary/aromatic N) is 1. The van der Waals surface area contributed by atoms with Gasteiger partial charge in [0.15, 0.2) is 0 Å². The molecule has 0 saturated heterocycles. The highest BCUT2D eigenvalue weighted by molar-refractivity contribution is 6.27. The Balaban J connectivity index is 1.20. The number of hydrogen-bond donors (Lipinski definition) is 0. The maximum absolute atomic E-state index is 2.73. The van der Waals surface area contributed by atoms with Crippen LogP contribution in [0.15, 0.2) is 140 Å². The average Bonchev–Trinajstić information content (AvgIpc) is 3.33. The highest BCUT2D eigenvalue weighted by atomic mass is 15.3. The summed E-state index contributed by atoms with van der Waals surface area (Å²) in [5.74, 6) is 0. The molecule has 0 bridgehead atoms. The number of anilines is 2. The summed E-state index contributed by atoms with van der Waals surface area (Å²) in [5.41, 5.74) is 9.49. The molecule has 2 aliphatic rings. The Kier molecular flexibility index (Phi) is 5.57. The van der Waals surface area contributed by atoms with E-state index in [4.69, 9.17) is 0 Å². The number of rotatable bonds is 3. The van der Waals surface area contributed by atoms with E-state index in [9.17, 15) is 0 Å². The smallest absolute Gasteiger partial charge is 0.0518 e. The van der Waals surface area contributed by atoms with Gasteiger partial charge in [-0.25, -0.2) is 0 Å². The summed E-state index contributed by atoms with van der Waals surface area (Å²) in [6, 6.07) is 52.6. The van der Waals surface area contributed by atoms with Crippen molar-refractivity contribution in [1.29, 1.82) is 0 Å². The highest BCUT2D eigenvalue weighted by Crippen LogP contribution is 2.62. The number of benzene rings is 8. The van der Waals surface area contributed by atoms with Crippen molar-refractivity contribution in [3.8, 4) is 22.3 Å². The Morgan fingerprint density at radius 1 is 0.468 bits per heavy atom. The first-order chi connectivity index (χ1) is 23.0. The van der Waals surface area contributed by atoms with Gasteiger partial charge in [0, 0.05) is 22.2 Å². The topological polar surface area (TPSA) is 3.24 Å². The molecule has 47 heavy (non-hydrogen) atoms.